The molecule has 1 atom stereocenters. The highest BCUT2D eigenvalue weighted by atomic mass is 16.5. The van der Waals surface area contributed by atoms with Crippen molar-refractivity contribution < 1.29 is 14.6 Å². The van der Waals surface area contributed by atoms with Crippen molar-refractivity contribution in [3.63, 3.8) is 0 Å². The van der Waals surface area contributed by atoms with Crippen molar-refractivity contribution in [3.05, 3.63) is 48.3 Å². The summed E-state index contributed by atoms with van der Waals surface area (Å²) in [7, 11) is 0. The average molecular weight is 246 g/mol. The van der Waals surface area contributed by atoms with Crippen LogP contribution in [0.15, 0.2) is 42.7 Å². The number of benzene rings is 1. The fourth-order valence-corrected chi connectivity index (χ4v) is 1.51. The summed E-state index contributed by atoms with van der Waals surface area (Å²) in [6, 6.07) is 8.53. The van der Waals surface area contributed by atoms with Gasteiger partial charge in [0.2, 0.25) is 0 Å². The highest BCUT2D eigenvalue weighted by Crippen LogP contribution is 2.11. The summed E-state index contributed by atoms with van der Waals surface area (Å²) in [5.41, 5.74) is 0.597. The number of rotatable bonds is 6. The third-order valence-corrected chi connectivity index (χ3v) is 2.42. The van der Waals surface area contributed by atoms with Gasteiger partial charge in [-0.3, -0.25) is 9.48 Å². The summed E-state index contributed by atoms with van der Waals surface area (Å²) in [6.07, 6.45) is 3.58. The summed E-state index contributed by atoms with van der Waals surface area (Å²) in [4.78, 5) is 10.5. The number of aromatic nitrogens is 2. The molecule has 0 saturated heterocycles. The summed E-state index contributed by atoms with van der Waals surface area (Å²) >= 11 is 0. The molecule has 5 nitrogen and oxygen atoms in total. The molecule has 2 rings (SSSR count). The van der Waals surface area contributed by atoms with Crippen molar-refractivity contribution in [3.8, 4) is 5.75 Å². The molecule has 0 unspecified atom stereocenters. The Hall–Kier alpha value is -2.14. The number of ether oxygens (including phenoxy) is 1. The van der Waals surface area contributed by atoms with Crippen molar-refractivity contribution in [2.75, 3.05) is 6.61 Å². The van der Waals surface area contributed by atoms with Gasteiger partial charge in [0.1, 0.15) is 24.7 Å². The lowest BCUT2D eigenvalue weighted by Gasteiger charge is -2.12. The first kappa shape index (κ1) is 12.3. The van der Waals surface area contributed by atoms with E-state index in [0.717, 1.165) is 6.29 Å². The van der Waals surface area contributed by atoms with Crippen molar-refractivity contribution >= 4 is 6.29 Å². The van der Waals surface area contributed by atoms with Gasteiger partial charge in [-0.25, -0.2) is 0 Å². The molecule has 0 spiro atoms. The second kappa shape index (κ2) is 5.97. The average Bonchev–Trinajstić information content (AvgIpc) is 2.90. The number of aliphatic hydroxyl groups is 1. The maximum atomic E-state index is 10.5. The topological polar surface area (TPSA) is 64.3 Å². The van der Waals surface area contributed by atoms with Crippen LogP contribution in [-0.2, 0) is 6.54 Å². The molecule has 0 amide bonds. The van der Waals surface area contributed by atoms with E-state index >= 15 is 0 Å². The zero-order chi connectivity index (χ0) is 12.8. The molecule has 2 aromatic rings. The molecular formula is C13H14N2O3. The molecular weight excluding hydrogens is 232 g/mol. The molecule has 94 valence electrons. The lowest BCUT2D eigenvalue weighted by molar-refractivity contribution is 0.0893. The first-order chi connectivity index (χ1) is 8.78. The van der Waals surface area contributed by atoms with E-state index in [0.29, 0.717) is 17.9 Å². The van der Waals surface area contributed by atoms with Crippen LogP contribution in [0, 0.1) is 0 Å². The van der Waals surface area contributed by atoms with Crippen LogP contribution in [0.25, 0.3) is 0 Å². The molecule has 0 aliphatic carbocycles. The number of nitrogens with zero attached hydrogens (tertiary/aromatic N) is 2. The fraction of sp³-hybridized carbons (Fsp3) is 0.231. The van der Waals surface area contributed by atoms with E-state index in [1.807, 2.05) is 0 Å². The molecule has 0 radical (unpaired) electrons. The van der Waals surface area contributed by atoms with Crippen molar-refractivity contribution in [1.29, 1.82) is 0 Å². The molecule has 1 N–H and O–H groups in total. The first-order valence-corrected chi connectivity index (χ1v) is 5.61. The van der Waals surface area contributed by atoms with E-state index in [1.54, 1.807) is 47.4 Å². The lowest BCUT2D eigenvalue weighted by Crippen LogP contribution is -2.23. The summed E-state index contributed by atoms with van der Waals surface area (Å²) in [5, 5.41) is 13.7. The molecule has 0 saturated carbocycles. The molecule has 0 fully saturated rings. The zero-order valence-electron chi connectivity index (χ0n) is 9.77. The van der Waals surface area contributed by atoms with Crippen molar-refractivity contribution in [1.82, 2.24) is 9.78 Å². The van der Waals surface area contributed by atoms with Crippen LogP contribution in [0.3, 0.4) is 0 Å². The molecule has 0 aliphatic rings. The van der Waals surface area contributed by atoms with Crippen molar-refractivity contribution in [2.24, 2.45) is 0 Å². The van der Waals surface area contributed by atoms with E-state index in [2.05, 4.69) is 5.10 Å². The molecule has 1 aromatic heterocycles. The quantitative estimate of drug-likeness (QED) is 0.776. The van der Waals surface area contributed by atoms with Gasteiger partial charge >= 0.3 is 0 Å². The van der Waals surface area contributed by atoms with Gasteiger partial charge in [-0.05, 0) is 30.3 Å². The molecule has 1 heterocycles. The number of carbonyl (C=O) groups is 1. The first-order valence-electron chi connectivity index (χ1n) is 5.61. The maximum absolute atomic E-state index is 10.5. The van der Waals surface area contributed by atoms with Crippen molar-refractivity contribution in [2.45, 2.75) is 12.6 Å². The van der Waals surface area contributed by atoms with Crippen LogP contribution in [0.1, 0.15) is 10.4 Å². The minimum absolute atomic E-state index is 0.181. The Morgan fingerprint density at radius 3 is 2.78 bits per heavy atom. The summed E-state index contributed by atoms with van der Waals surface area (Å²) in [6.45, 7) is 0.569. The normalized spacial score (nSPS) is 12.1. The number of aldehydes is 1. The maximum Gasteiger partial charge on any atom is 0.150 e. The minimum Gasteiger partial charge on any atom is -0.491 e. The van der Waals surface area contributed by atoms with E-state index in [9.17, 15) is 9.90 Å². The molecule has 18 heavy (non-hydrogen) atoms. The number of aliphatic hydroxyl groups excluding tert-OH is 1. The van der Waals surface area contributed by atoms with Crippen LogP contribution in [-0.4, -0.2) is 33.9 Å². The predicted molar refractivity (Wildman–Crippen MR) is 65.6 cm³/mol. The molecule has 0 bridgehead atoms. The Bertz CT molecular complexity index is 479. The summed E-state index contributed by atoms with van der Waals surface area (Å²) < 4.78 is 7.05. The van der Waals surface area contributed by atoms with Crippen LogP contribution in [0.2, 0.25) is 0 Å². The fourth-order valence-electron chi connectivity index (χ4n) is 1.51. The summed E-state index contributed by atoms with van der Waals surface area (Å²) in [5.74, 6) is 0.625. The SMILES string of the molecule is O=Cc1ccc(OC[C@H](O)Cn2cccn2)cc1. The van der Waals surface area contributed by atoms with E-state index < -0.39 is 6.10 Å². The highest BCUT2D eigenvalue weighted by Gasteiger charge is 2.06. The second-order valence-electron chi connectivity index (χ2n) is 3.88. The monoisotopic (exact) mass is 246 g/mol. The van der Waals surface area contributed by atoms with Gasteiger partial charge in [-0.1, -0.05) is 0 Å². The second-order valence-corrected chi connectivity index (χ2v) is 3.88. The smallest absolute Gasteiger partial charge is 0.150 e. The Labute approximate surface area is 105 Å². The third-order valence-electron chi connectivity index (χ3n) is 2.42. The van der Waals surface area contributed by atoms with Gasteiger partial charge in [0.25, 0.3) is 0 Å². The van der Waals surface area contributed by atoms with E-state index in [4.69, 9.17) is 4.74 Å². The van der Waals surface area contributed by atoms with Gasteiger partial charge in [-0.15, -0.1) is 0 Å². The predicted octanol–water partition coefficient (Wildman–Crippen LogP) is 1.14. The molecule has 5 heteroatoms. The minimum atomic E-state index is -0.629. The number of hydrogen-bond donors (Lipinski definition) is 1. The Balaban J connectivity index is 1.81. The molecule has 1 aromatic carbocycles. The largest absolute Gasteiger partial charge is 0.491 e. The highest BCUT2D eigenvalue weighted by molar-refractivity contribution is 5.74. The zero-order valence-corrected chi connectivity index (χ0v) is 9.77. The van der Waals surface area contributed by atoms with Gasteiger partial charge in [-0.2, -0.15) is 5.10 Å². The van der Waals surface area contributed by atoms with Gasteiger partial charge < -0.3 is 9.84 Å². The van der Waals surface area contributed by atoms with Gasteiger partial charge in [0, 0.05) is 18.0 Å². The third kappa shape index (κ3) is 3.43. The Morgan fingerprint density at radius 2 is 2.17 bits per heavy atom. The van der Waals surface area contributed by atoms with E-state index in [-0.39, 0.29) is 6.61 Å². The lowest BCUT2D eigenvalue weighted by atomic mass is 10.2. The van der Waals surface area contributed by atoms with Crippen LogP contribution in [0.4, 0.5) is 0 Å². The van der Waals surface area contributed by atoms with Gasteiger partial charge in [0.15, 0.2) is 0 Å². The van der Waals surface area contributed by atoms with Crippen LogP contribution < -0.4 is 4.74 Å². The van der Waals surface area contributed by atoms with Crippen LogP contribution >= 0.6 is 0 Å². The Kier molecular flexibility index (Phi) is 4.09. The number of carbonyl (C=O) groups excluding carboxylic acids is 1. The Morgan fingerprint density at radius 1 is 1.39 bits per heavy atom. The van der Waals surface area contributed by atoms with E-state index in [1.165, 1.54) is 0 Å². The van der Waals surface area contributed by atoms with Crippen LogP contribution in [0.5, 0.6) is 5.75 Å². The molecule has 0 aliphatic heterocycles. The standard InChI is InChI=1S/C13H14N2O3/c16-9-11-2-4-13(5-3-11)18-10-12(17)8-15-7-1-6-14-15/h1-7,9,12,17H,8,10H2/t12-/m1/s1. The van der Waals surface area contributed by atoms with Gasteiger partial charge in [0.05, 0.1) is 6.54 Å². The number of hydrogen-bond acceptors (Lipinski definition) is 4.